The minimum atomic E-state index is -0.190. The van der Waals surface area contributed by atoms with E-state index < -0.39 is 0 Å². The van der Waals surface area contributed by atoms with Gasteiger partial charge in [0.25, 0.3) is 0 Å². The number of benzene rings is 1. The van der Waals surface area contributed by atoms with Crippen LogP contribution in [0.5, 0.6) is 0 Å². The number of aromatic nitrogens is 1. The Kier molecular flexibility index (Phi) is 3.84. The van der Waals surface area contributed by atoms with Gasteiger partial charge in [-0.15, -0.1) is 0 Å². The van der Waals surface area contributed by atoms with Crippen molar-refractivity contribution >= 4 is 17.6 Å². The van der Waals surface area contributed by atoms with Crippen molar-refractivity contribution in [3.05, 3.63) is 52.4 Å². The number of halogens is 1. The molecule has 1 fully saturated rings. The number of carbonyl (C=O) groups is 1. The Morgan fingerprint density at radius 2 is 2.33 bits per heavy atom. The Morgan fingerprint density at radius 1 is 1.48 bits per heavy atom. The number of urea groups is 1. The molecule has 1 aliphatic rings. The molecule has 0 aliphatic heterocycles. The van der Waals surface area contributed by atoms with E-state index in [1.54, 1.807) is 6.07 Å². The average molecular weight is 306 g/mol. The summed E-state index contributed by atoms with van der Waals surface area (Å²) in [6.07, 6.45) is 0.941. The molecule has 0 saturated heterocycles. The van der Waals surface area contributed by atoms with Crippen LogP contribution in [0, 0.1) is 6.92 Å². The van der Waals surface area contributed by atoms with E-state index in [1.807, 2.05) is 31.2 Å². The number of hydrogen-bond donors (Lipinski definition) is 2. The summed E-state index contributed by atoms with van der Waals surface area (Å²) < 4.78 is 4.94. The first-order valence-electron chi connectivity index (χ1n) is 6.84. The molecule has 0 spiro atoms. The zero-order valence-electron chi connectivity index (χ0n) is 11.6. The van der Waals surface area contributed by atoms with Gasteiger partial charge in [0.1, 0.15) is 11.5 Å². The molecular weight excluding hydrogens is 290 g/mol. The number of rotatable bonds is 4. The molecule has 1 aromatic heterocycles. The molecule has 3 rings (SSSR count). The van der Waals surface area contributed by atoms with Crippen molar-refractivity contribution < 1.29 is 9.32 Å². The Labute approximate surface area is 127 Å². The number of nitrogens with zero attached hydrogens (tertiary/aromatic N) is 1. The Hall–Kier alpha value is -2.01. The molecule has 0 unspecified atom stereocenters. The summed E-state index contributed by atoms with van der Waals surface area (Å²) in [7, 11) is 0. The zero-order valence-corrected chi connectivity index (χ0v) is 12.4. The van der Waals surface area contributed by atoms with Crippen LogP contribution >= 0.6 is 11.6 Å². The third-order valence-electron chi connectivity index (χ3n) is 3.49. The van der Waals surface area contributed by atoms with Crippen LogP contribution < -0.4 is 10.6 Å². The maximum atomic E-state index is 11.8. The van der Waals surface area contributed by atoms with Gasteiger partial charge in [-0.2, -0.15) is 0 Å². The Morgan fingerprint density at radius 3 is 3.05 bits per heavy atom. The molecule has 6 heteroatoms. The molecule has 1 aliphatic carbocycles. The second kappa shape index (κ2) is 5.77. The molecule has 0 bridgehead atoms. The summed E-state index contributed by atoms with van der Waals surface area (Å²) >= 11 is 5.97. The summed E-state index contributed by atoms with van der Waals surface area (Å²) in [5.74, 6) is 1.08. The molecule has 1 saturated carbocycles. The number of carbonyl (C=O) groups excluding carboxylic acids is 1. The maximum Gasteiger partial charge on any atom is 0.315 e. The van der Waals surface area contributed by atoms with E-state index in [2.05, 4.69) is 15.8 Å². The first-order chi connectivity index (χ1) is 10.1. The van der Waals surface area contributed by atoms with Gasteiger partial charge in [0.05, 0.1) is 6.54 Å². The van der Waals surface area contributed by atoms with Crippen LogP contribution in [0.15, 0.2) is 34.9 Å². The first kappa shape index (κ1) is 13.9. The SMILES string of the molecule is Cc1cc(CNC(=O)N[C@@H]2C[C@H]2c2cccc(Cl)c2)no1. The van der Waals surface area contributed by atoms with Crippen molar-refractivity contribution in [3.63, 3.8) is 0 Å². The third-order valence-corrected chi connectivity index (χ3v) is 3.73. The molecule has 21 heavy (non-hydrogen) atoms. The predicted octanol–water partition coefficient (Wildman–Crippen LogP) is 2.99. The second-order valence-electron chi connectivity index (χ2n) is 5.26. The number of amides is 2. The minimum Gasteiger partial charge on any atom is -0.361 e. The van der Waals surface area contributed by atoms with Crippen LogP contribution in [0.1, 0.15) is 29.4 Å². The standard InChI is InChI=1S/C15H16ClN3O2/c1-9-5-12(19-21-9)8-17-15(20)18-14-7-13(14)10-3-2-4-11(16)6-10/h2-6,13-14H,7-8H2,1H3,(H2,17,18,20)/t13-,14+/m0/s1. The second-order valence-corrected chi connectivity index (χ2v) is 5.70. The van der Waals surface area contributed by atoms with E-state index in [0.29, 0.717) is 18.2 Å². The zero-order chi connectivity index (χ0) is 14.8. The smallest absolute Gasteiger partial charge is 0.315 e. The van der Waals surface area contributed by atoms with E-state index in [-0.39, 0.29) is 12.1 Å². The first-order valence-corrected chi connectivity index (χ1v) is 7.21. The Bertz CT molecular complexity index is 656. The lowest BCUT2D eigenvalue weighted by molar-refractivity contribution is 0.239. The average Bonchev–Trinajstić information content (AvgIpc) is 3.09. The molecule has 2 aromatic rings. The Balaban J connectivity index is 1.46. The van der Waals surface area contributed by atoms with Gasteiger partial charge in [-0.05, 0) is 31.0 Å². The highest BCUT2D eigenvalue weighted by molar-refractivity contribution is 6.30. The molecule has 2 N–H and O–H groups in total. The van der Waals surface area contributed by atoms with Crippen molar-refractivity contribution in [2.75, 3.05) is 0 Å². The monoisotopic (exact) mass is 305 g/mol. The van der Waals surface area contributed by atoms with Crippen molar-refractivity contribution in [2.24, 2.45) is 0 Å². The van der Waals surface area contributed by atoms with E-state index in [0.717, 1.165) is 17.2 Å². The summed E-state index contributed by atoms with van der Waals surface area (Å²) in [5, 5.41) is 10.3. The highest BCUT2D eigenvalue weighted by Crippen LogP contribution is 2.41. The van der Waals surface area contributed by atoms with Gasteiger partial charge in [-0.3, -0.25) is 0 Å². The van der Waals surface area contributed by atoms with Crippen LogP contribution in [0.3, 0.4) is 0 Å². The fourth-order valence-corrected chi connectivity index (χ4v) is 2.55. The lowest BCUT2D eigenvalue weighted by Crippen LogP contribution is -2.37. The molecule has 110 valence electrons. The van der Waals surface area contributed by atoms with Gasteiger partial charge in [0.15, 0.2) is 0 Å². The largest absolute Gasteiger partial charge is 0.361 e. The maximum absolute atomic E-state index is 11.8. The van der Waals surface area contributed by atoms with Crippen LogP contribution in [0.2, 0.25) is 5.02 Å². The normalized spacial score (nSPS) is 20.1. The lowest BCUT2D eigenvalue weighted by Gasteiger charge is -2.06. The summed E-state index contributed by atoms with van der Waals surface area (Å²) in [5.41, 5.74) is 1.88. The number of nitrogens with one attached hydrogen (secondary N) is 2. The number of aryl methyl sites for hydroxylation is 1. The van der Waals surface area contributed by atoms with Gasteiger partial charge >= 0.3 is 6.03 Å². The highest BCUT2D eigenvalue weighted by atomic mass is 35.5. The van der Waals surface area contributed by atoms with Crippen LogP contribution in [-0.2, 0) is 6.54 Å². The quantitative estimate of drug-likeness (QED) is 0.912. The van der Waals surface area contributed by atoms with Gasteiger partial charge < -0.3 is 15.2 Å². The van der Waals surface area contributed by atoms with E-state index in [4.69, 9.17) is 16.1 Å². The van der Waals surface area contributed by atoms with Crippen molar-refractivity contribution in [2.45, 2.75) is 31.8 Å². The van der Waals surface area contributed by atoms with E-state index in [1.165, 1.54) is 5.56 Å². The van der Waals surface area contributed by atoms with Gasteiger partial charge in [0, 0.05) is 23.0 Å². The summed E-state index contributed by atoms with van der Waals surface area (Å²) in [4.78, 5) is 11.8. The van der Waals surface area contributed by atoms with E-state index >= 15 is 0 Å². The molecule has 2 amide bonds. The molecule has 0 radical (unpaired) electrons. The fraction of sp³-hybridized carbons (Fsp3) is 0.333. The molecule has 1 aromatic carbocycles. The van der Waals surface area contributed by atoms with Crippen LogP contribution in [0.4, 0.5) is 4.79 Å². The number of hydrogen-bond acceptors (Lipinski definition) is 3. The minimum absolute atomic E-state index is 0.169. The lowest BCUT2D eigenvalue weighted by atomic mass is 10.1. The summed E-state index contributed by atoms with van der Waals surface area (Å²) in [6, 6.07) is 9.54. The van der Waals surface area contributed by atoms with E-state index in [9.17, 15) is 4.79 Å². The fourth-order valence-electron chi connectivity index (χ4n) is 2.35. The van der Waals surface area contributed by atoms with Gasteiger partial charge in [-0.25, -0.2) is 4.79 Å². The van der Waals surface area contributed by atoms with Crippen molar-refractivity contribution in [3.8, 4) is 0 Å². The molecular formula is C15H16ClN3O2. The third kappa shape index (κ3) is 3.55. The molecule has 5 nitrogen and oxygen atoms in total. The van der Waals surface area contributed by atoms with Crippen molar-refractivity contribution in [1.29, 1.82) is 0 Å². The summed E-state index contributed by atoms with van der Waals surface area (Å²) in [6.45, 7) is 2.17. The predicted molar refractivity (Wildman–Crippen MR) is 79.2 cm³/mol. The van der Waals surface area contributed by atoms with Gasteiger partial charge in [-0.1, -0.05) is 28.9 Å². The van der Waals surface area contributed by atoms with Crippen LogP contribution in [0.25, 0.3) is 0 Å². The van der Waals surface area contributed by atoms with Crippen molar-refractivity contribution in [1.82, 2.24) is 15.8 Å². The van der Waals surface area contributed by atoms with Gasteiger partial charge in [0.2, 0.25) is 0 Å². The molecule has 1 heterocycles. The van der Waals surface area contributed by atoms with Crippen LogP contribution in [-0.4, -0.2) is 17.2 Å². The molecule has 2 atom stereocenters. The highest BCUT2D eigenvalue weighted by Gasteiger charge is 2.39. The topological polar surface area (TPSA) is 67.2 Å².